The van der Waals surface area contributed by atoms with Crippen molar-refractivity contribution in [2.75, 3.05) is 5.32 Å². The summed E-state index contributed by atoms with van der Waals surface area (Å²) in [6.45, 7) is -0.0638. The highest BCUT2D eigenvalue weighted by Gasteiger charge is 2.20. The highest BCUT2D eigenvalue weighted by atomic mass is 19.2. The number of amides is 1. The number of halogens is 4. The topological polar surface area (TPSA) is 64.7 Å². The second-order valence-electron chi connectivity index (χ2n) is 6.70. The highest BCUT2D eigenvalue weighted by molar-refractivity contribution is 6.03. The Labute approximate surface area is 173 Å². The van der Waals surface area contributed by atoms with E-state index in [2.05, 4.69) is 15.5 Å². The predicted octanol–water partition coefficient (Wildman–Crippen LogP) is 3.98. The van der Waals surface area contributed by atoms with Gasteiger partial charge in [0.25, 0.3) is 5.91 Å². The zero-order chi connectivity index (χ0) is 22.0. The van der Waals surface area contributed by atoms with Crippen LogP contribution in [0.2, 0.25) is 0 Å². The largest absolute Gasteiger partial charge is 0.305 e. The number of carbonyl (C=O) groups is 1. The van der Waals surface area contributed by atoms with Gasteiger partial charge in [0.15, 0.2) is 29.1 Å². The Bertz CT molecular complexity index is 1210. The number of nitrogens with zero attached hydrogens (tertiary/aromatic N) is 4. The summed E-state index contributed by atoms with van der Waals surface area (Å²) in [5.41, 5.74) is 0.439. The van der Waals surface area contributed by atoms with Gasteiger partial charge in [0.05, 0.1) is 18.7 Å². The number of carbonyl (C=O) groups excluding carboxylic acids is 1. The molecule has 2 aromatic heterocycles. The molecule has 0 unspecified atom stereocenters. The Kier molecular flexibility index (Phi) is 5.52. The van der Waals surface area contributed by atoms with E-state index in [4.69, 9.17) is 0 Å². The summed E-state index contributed by atoms with van der Waals surface area (Å²) in [7, 11) is 0. The molecule has 6 nitrogen and oxygen atoms in total. The molecule has 2 aromatic carbocycles. The molecular weight excluding hydrogens is 414 g/mol. The van der Waals surface area contributed by atoms with Crippen molar-refractivity contribution in [1.29, 1.82) is 0 Å². The number of benzene rings is 2. The van der Waals surface area contributed by atoms with E-state index >= 15 is 0 Å². The molecule has 0 aliphatic carbocycles. The van der Waals surface area contributed by atoms with Crippen molar-refractivity contribution in [2.45, 2.75) is 13.1 Å². The molecule has 0 saturated heterocycles. The molecule has 1 amide bonds. The molecule has 0 aliphatic heterocycles. The first kappa shape index (κ1) is 20.3. The van der Waals surface area contributed by atoms with Gasteiger partial charge in [-0.25, -0.2) is 17.6 Å². The van der Waals surface area contributed by atoms with E-state index in [0.717, 1.165) is 10.2 Å². The van der Waals surface area contributed by atoms with Gasteiger partial charge in [-0.2, -0.15) is 10.2 Å². The summed E-state index contributed by atoms with van der Waals surface area (Å²) in [5, 5.41) is 10.7. The molecule has 31 heavy (non-hydrogen) atoms. The molecular formula is C21H15F4N5O. The first-order valence-corrected chi connectivity index (χ1v) is 9.14. The lowest BCUT2D eigenvalue weighted by Gasteiger charge is -2.08. The molecule has 0 aliphatic rings. The van der Waals surface area contributed by atoms with Crippen LogP contribution in [0.3, 0.4) is 0 Å². The average molecular weight is 429 g/mol. The van der Waals surface area contributed by atoms with Crippen LogP contribution in [-0.2, 0) is 13.1 Å². The Morgan fingerprint density at radius 1 is 0.903 bits per heavy atom. The van der Waals surface area contributed by atoms with Crippen molar-refractivity contribution < 1.29 is 22.4 Å². The van der Waals surface area contributed by atoms with Gasteiger partial charge in [0.1, 0.15) is 0 Å². The summed E-state index contributed by atoms with van der Waals surface area (Å²) in [6.07, 6.45) is 4.78. The van der Waals surface area contributed by atoms with Gasteiger partial charge in [-0.05, 0) is 23.8 Å². The summed E-state index contributed by atoms with van der Waals surface area (Å²) in [6, 6.07) is 10.3. The van der Waals surface area contributed by atoms with Crippen LogP contribution in [0.5, 0.6) is 0 Å². The minimum absolute atomic E-state index is 0.111. The standard InChI is InChI=1S/C21H15F4N5O/c22-16-10-17(23)20(25)15(19(16)24)12-30-8-5-18(28-30)27-21(31)14-4-1-3-13(9-14)11-29-7-2-6-26-29/h1-10H,11-12H2,(H,27,28,31). The van der Waals surface area contributed by atoms with Crippen molar-refractivity contribution in [3.05, 3.63) is 101 Å². The number of hydrogen-bond donors (Lipinski definition) is 1. The van der Waals surface area contributed by atoms with Gasteiger partial charge in [-0.15, -0.1) is 0 Å². The molecule has 0 saturated carbocycles. The lowest BCUT2D eigenvalue weighted by atomic mass is 10.1. The quantitative estimate of drug-likeness (QED) is 0.373. The molecule has 158 valence electrons. The Morgan fingerprint density at radius 3 is 2.39 bits per heavy atom. The van der Waals surface area contributed by atoms with E-state index < -0.39 is 41.3 Å². The predicted molar refractivity (Wildman–Crippen MR) is 103 cm³/mol. The van der Waals surface area contributed by atoms with Gasteiger partial charge >= 0.3 is 0 Å². The lowest BCUT2D eigenvalue weighted by molar-refractivity contribution is 0.102. The summed E-state index contributed by atoms with van der Waals surface area (Å²) < 4.78 is 57.2. The summed E-state index contributed by atoms with van der Waals surface area (Å²) >= 11 is 0. The van der Waals surface area contributed by atoms with Gasteiger partial charge in [-0.3, -0.25) is 14.2 Å². The molecule has 0 radical (unpaired) electrons. The highest BCUT2D eigenvalue weighted by Crippen LogP contribution is 2.20. The van der Waals surface area contributed by atoms with Crippen LogP contribution in [-0.4, -0.2) is 25.5 Å². The van der Waals surface area contributed by atoms with Gasteiger partial charge in [-0.1, -0.05) is 12.1 Å². The fraction of sp³-hybridized carbons (Fsp3) is 0.0952. The number of nitrogens with one attached hydrogen (secondary N) is 1. The van der Waals surface area contributed by atoms with Crippen LogP contribution in [0.15, 0.2) is 61.1 Å². The molecule has 2 heterocycles. The SMILES string of the molecule is O=C(Nc1ccn(Cc2c(F)c(F)cc(F)c2F)n1)c1cccc(Cn2cccn2)c1. The molecule has 0 bridgehead atoms. The van der Waals surface area contributed by atoms with Crippen molar-refractivity contribution >= 4 is 11.7 Å². The van der Waals surface area contributed by atoms with E-state index in [1.807, 2.05) is 6.07 Å². The third kappa shape index (κ3) is 4.47. The smallest absolute Gasteiger partial charge is 0.256 e. The number of anilines is 1. The minimum Gasteiger partial charge on any atom is -0.305 e. The maximum atomic E-state index is 13.8. The number of rotatable bonds is 6. The molecule has 1 N–H and O–H groups in total. The first-order valence-electron chi connectivity index (χ1n) is 9.14. The summed E-state index contributed by atoms with van der Waals surface area (Å²) in [4.78, 5) is 12.5. The second-order valence-corrected chi connectivity index (χ2v) is 6.70. The Morgan fingerprint density at radius 2 is 1.68 bits per heavy atom. The van der Waals surface area contributed by atoms with Crippen molar-refractivity contribution in [3.8, 4) is 0 Å². The van der Waals surface area contributed by atoms with Crippen LogP contribution in [0.4, 0.5) is 23.4 Å². The molecule has 4 aromatic rings. The van der Waals surface area contributed by atoms with Crippen molar-refractivity contribution in [2.24, 2.45) is 0 Å². The maximum absolute atomic E-state index is 13.8. The van der Waals surface area contributed by atoms with Crippen LogP contribution in [0, 0.1) is 23.3 Å². The van der Waals surface area contributed by atoms with E-state index in [1.165, 1.54) is 12.3 Å². The average Bonchev–Trinajstić information content (AvgIpc) is 3.42. The van der Waals surface area contributed by atoms with E-state index in [0.29, 0.717) is 12.1 Å². The molecule has 0 spiro atoms. The number of aromatic nitrogens is 4. The van der Waals surface area contributed by atoms with E-state index in [1.54, 1.807) is 41.3 Å². The lowest BCUT2D eigenvalue weighted by Crippen LogP contribution is -2.14. The van der Waals surface area contributed by atoms with Gasteiger partial charge in [0.2, 0.25) is 0 Å². The normalized spacial score (nSPS) is 11.0. The van der Waals surface area contributed by atoms with Crippen LogP contribution < -0.4 is 5.32 Å². The van der Waals surface area contributed by atoms with Crippen molar-refractivity contribution in [3.63, 3.8) is 0 Å². The van der Waals surface area contributed by atoms with Gasteiger partial charge in [0, 0.05) is 36.3 Å². The first-order chi connectivity index (χ1) is 14.9. The minimum atomic E-state index is -1.50. The Balaban J connectivity index is 1.47. The molecule has 0 fully saturated rings. The third-order valence-corrected chi connectivity index (χ3v) is 4.50. The number of hydrogen-bond acceptors (Lipinski definition) is 3. The fourth-order valence-electron chi connectivity index (χ4n) is 3.02. The monoisotopic (exact) mass is 429 g/mol. The van der Waals surface area contributed by atoms with Crippen LogP contribution in [0.1, 0.15) is 21.5 Å². The molecule has 10 heteroatoms. The van der Waals surface area contributed by atoms with E-state index in [-0.39, 0.29) is 11.9 Å². The molecule has 4 rings (SSSR count). The zero-order valence-electron chi connectivity index (χ0n) is 15.9. The fourth-order valence-corrected chi connectivity index (χ4v) is 3.02. The van der Waals surface area contributed by atoms with Crippen LogP contribution in [0.25, 0.3) is 0 Å². The Hall–Kier alpha value is -3.95. The third-order valence-electron chi connectivity index (χ3n) is 4.50. The van der Waals surface area contributed by atoms with Crippen molar-refractivity contribution in [1.82, 2.24) is 19.6 Å². The molecule has 0 atom stereocenters. The van der Waals surface area contributed by atoms with Crippen LogP contribution >= 0.6 is 0 Å². The second kappa shape index (κ2) is 8.42. The zero-order valence-corrected chi connectivity index (χ0v) is 15.9. The summed E-state index contributed by atoms with van der Waals surface area (Å²) in [5.74, 6) is -6.31. The maximum Gasteiger partial charge on any atom is 0.256 e. The van der Waals surface area contributed by atoms with E-state index in [9.17, 15) is 22.4 Å². The van der Waals surface area contributed by atoms with Gasteiger partial charge < -0.3 is 5.32 Å².